The molecule has 1 aromatic heterocycles. The van der Waals surface area contributed by atoms with Crippen LogP contribution in [-0.4, -0.2) is 78.5 Å². The van der Waals surface area contributed by atoms with Gasteiger partial charge in [0.05, 0.1) is 0 Å². The van der Waals surface area contributed by atoms with Crippen molar-refractivity contribution in [1.29, 1.82) is 0 Å². The van der Waals surface area contributed by atoms with Crippen LogP contribution in [0.5, 0.6) is 0 Å². The number of hydrogen-bond acceptors (Lipinski definition) is 6. The first-order chi connectivity index (χ1) is 12.2. The maximum absolute atomic E-state index is 12.6. The van der Waals surface area contributed by atoms with Gasteiger partial charge in [-0.15, -0.1) is 0 Å². The molecule has 0 unspecified atom stereocenters. The zero-order valence-corrected chi connectivity index (χ0v) is 15.4. The fourth-order valence-electron chi connectivity index (χ4n) is 3.70. The normalized spacial score (nSPS) is 19.9. The number of amides is 1. The van der Waals surface area contributed by atoms with Crippen molar-refractivity contribution in [3.05, 3.63) is 12.3 Å². The molecular formula is C18H30N6O. The summed E-state index contributed by atoms with van der Waals surface area (Å²) in [6.07, 6.45) is 4.60. The van der Waals surface area contributed by atoms with E-state index in [-0.39, 0.29) is 0 Å². The Balaban J connectivity index is 1.45. The smallest absolute Gasteiger partial charge is 0.224 e. The third-order valence-corrected chi connectivity index (χ3v) is 5.44. The van der Waals surface area contributed by atoms with Crippen LogP contribution in [0.2, 0.25) is 0 Å². The number of piperidine rings is 1. The van der Waals surface area contributed by atoms with Gasteiger partial charge >= 0.3 is 0 Å². The summed E-state index contributed by atoms with van der Waals surface area (Å²) in [7, 11) is 1.83. The molecule has 0 spiro atoms. The van der Waals surface area contributed by atoms with E-state index < -0.39 is 0 Å². The molecule has 1 aromatic rings. The highest BCUT2D eigenvalue weighted by Gasteiger charge is 2.26. The lowest BCUT2D eigenvalue weighted by Crippen LogP contribution is -2.49. The second kappa shape index (κ2) is 8.47. The molecule has 1 amide bonds. The molecule has 0 atom stereocenters. The zero-order chi connectivity index (χ0) is 17.6. The van der Waals surface area contributed by atoms with Gasteiger partial charge in [-0.05, 0) is 31.4 Å². The Labute approximate surface area is 150 Å². The molecule has 0 bridgehead atoms. The van der Waals surface area contributed by atoms with Gasteiger partial charge in [0.1, 0.15) is 5.82 Å². The number of nitrogens with one attached hydrogen (secondary N) is 1. The van der Waals surface area contributed by atoms with Crippen LogP contribution in [0.1, 0.15) is 26.2 Å². The van der Waals surface area contributed by atoms with E-state index in [0.29, 0.717) is 24.2 Å². The van der Waals surface area contributed by atoms with E-state index in [0.717, 1.165) is 64.5 Å². The molecule has 1 N–H and O–H groups in total. The number of aromatic nitrogens is 2. The Bertz CT molecular complexity index is 564. The van der Waals surface area contributed by atoms with Gasteiger partial charge in [-0.3, -0.25) is 4.79 Å². The van der Waals surface area contributed by atoms with E-state index in [4.69, 9.17) is 0 Å². The van der Waals surface area contributed by atoms with Crippen molar-refractivity contribution in [3.63, 3.8) is 0 Å². The highest BCUT2D eigenvalue weighted by Crippen LogP contribution is 2.25. The average molecular weight is 346 g/mol. The first-order valence-corrected chi connectivity index (χ1v) is 9.45. The topological polar surface area (TPSA) is 64.6 Å². The molecule has 3 heterocycles. The lowest BCUT2D eigenvalue weighted by molar-refractivity contribution is -0.134. The number of piperazine rings is 1. The molecule has 2 fully saturated rings. The van der Waals surface area contributed by atoms with Crippen LogP contribution in [0.25, 0.3) is 0 Å². The van der Waals surface area contributed by atoms with Crippen molar-refractivity contribution >= 4 is 17.7 Å². The van der Waals surface area contributed by atoms with Crippen LogP contribution < -0.4 is 10.2 Å². The number of hydrogen-bond donors (Lipinski definition) is 1. The van der Waals surface area contributed by atoms with Crippen LogP contribution >= 0.6 is 0 Å². The summed E-state index contributed by atoms with van der Waals surface area (Å²) in [5, 5.41) is 2.98. The van der Waals surface area contributed by atoms with E-state index in [1.54, 1.807) is 6.20 Å². The molecule has 7 nitrogen and oxygen atoms in total. The third kappa shape index (κ3) is 4.60. The second-order valence-corrected chi connectivity index (χ2v) is 6.94. The first-order valence-electron chi connectivity index (χ1n) is 9.45. The summed E-state index contributed by atoms with van der Waals surface area (Å²) < 4.78 is 0. The van der Waals surface area contributed by atoms with Crippen LogP contribution in [0.3, 0.4) is 0 Å². The summed E-state index contributed by atoms with van der Waals surface area (Å²) >= 11 is 0. The van der Waals surface area contributed by atoms with Gasteiger partial charge in [-0.1, -0.05) is 6.92 Å². The van der Waals surface area contributed by atoms with E-state index in [1.807, 2.05) is 13.1 Å². The molecule has 138 valence electrons. The van der Waals surface area contributed by atoms with Crippen molar-refractivity contribution in [1.82, 2.24) is 19.8 Å². The van der Waals surface area contributed by atoms with Crippen molar-refractivity contribution in [2.75, 3.05) is 63.1 Å². The van der Waals surface area contributed by atoms with Crippen LogP contribution in [-0.2, 0) is 4.79 Å². The fourth-order valence-corrected chi connectivity index (χ4v) is 3.70. The monoisotopic (exact) mass is 346 g/mol. The summed E-state index contributed by atoms with van der Waals surface area (Å²) in [4.78, 5) is 28.0. The standard InChI is InChI=1S/C18H30N6O/c1-3-22-10-12-24(13-11-22)17(25)14-15-5-8-23(9-6-15)16-4-7-20-18(19-2)21-16/h4,7,15H,3,5-6,8-14H2,1-2H3,(H,19,20,21). The minimum atomic E-state index is 0.341. The first kappa shape index (κ1) is 17.9. The predicted octanol–water partition coefficient (Wildman–Crippen LogP) is 1.29. The van der Waals surface area contributed by atoms with Crippen molar-refractivity contribution < 1.29 is 4.79 Å². The van der Waals surface area contributed by atoms with Gasteiger partial charge in [-0.2, -0.15) is 4.98 Å². The maximum atomic E-state index is 12.6. The van der Waals surface area contributed by atoms with Gasteiger partial charge in [-0.25, -0.2) is 4.98 Å². The largest absolute Gasteiger partial charge is 0.357 e. The van der Waals surface area contributed by atoms with Gasteiger partial charge in [0.25, 0.3) is 0 Å². The van der Waals surface area contributed by atoms with E-state index >= 15 is 0 Å². The zero-order valence-electron chi connectivity index (χ0n) is 15.4. The number of anilines is 2. The van der Waals surface area contributed by atoms with Gasteiger partial charge in [0, 0.05) is 58.9 Å². The number of nitrogens with zero attached hydrogens (tertiary/aromatic N) is 5. The Morgan fingerprint density at radius 2 is 1.92 bits per heavy atom. The number of rotatable bonds is 5. The molecule has 0 aromatic carbocycles. The lowest BCUT2D eigenvalue weighted by atomic mass is 9.93. The minimum Gasteiger partial charge on any atom is -0.357 e. The quantitative estimate of drug-likeness (QED) is 0.867. The fraction of sp³-hybridized carbons (Fsp3) is 0.722. The van der Waals surface area contributed by atoms with Crippen molar-refractivity contribution in [2.24, 2.45) is 5.92 Å². The number of carbonyl (C=O) groups excluding carboxylic acids is 1. The molecule has 0 saturated carbocycles. The van der Waals surface area contributed by atoms with Crippen LogP contribution in [0.15, 0.2) is 12.3 Å². The van der Waals surface area contributed by atoms with E-state index in [1.165, 1.54) is 0 Å². The lowest BCUT2D eigenvalue weighted by Gasteiger charge is -2.36. The SMILES string of the molecule is CCN1CCN(C(=O)CC2CCN(c3ccnc(NC)n3)CC2)CC1. The van der Waals surface area contributed by atoms with Crippen LogP contribution in [0, 0.1) is 5.92 Å². The molecule has 25 heavy (non-hydrogen) atoms. The van der Waals surface area contributed by atoms with Crippen LogP contribution in [0.4, 0.5) is 11.8 Å². The molecule has 2 aliphatic heterocycles. The Kier molecular flexibility index (Phi) is 6.07. The summed E-state index contributed by atoms with van der Waals surface area (Å²) in [6.45, 7) is 8.99. The molecule has 2 saturated heterocycles. The average Bonchev–Trinajstić information content (AvgIpc) is 2.68. The molecule has 0 radical (unpaired) electrons. The number of carbonyl (C=O) groups is 1. The molecule has 2 aliphatic rings. The highest BCUT2D eigenvalue weighted by atomic mass is 16.2. The second-order valence-electron chi connectivity index (χ2n) is 6.94. The van der Waals surface area contributed by atoms with Gasteiger partial charge < -0.3 is 20.0 Å². The Morgan fingerprint density at radius 3 is 2.56 bits per heavy atom. The van der Waals surface area contributed by atoms with Crippen molar-refractivity contribution in [2.45, 2.75) is 26.2 Å². The van der Waals surface area contributed by atoms with E-state index in [9.17, 15) is 4.79 Å². The maximum Gasteiger partial charge on any atom is 0.224 e. The van der Waals surface area contributed by atoms with E-state index in [2.05, 4.69) is 36.9 Å². The molecule has 7 heteroatoms. The minimum absolute atomic E-state index is 0.341. The predicted molar refractivity (Wildman–Crippen MR) is 99.8 cm³/mol. The molecule has 0 aliphatic carbocycles. The highest BCUT2D eigenvalue weighted by molar-refractivity contribution is 5.76. The van der Waals surface area contributed by atoms with Crippen molar-refractivity contribution in [3.8, 4) is 0 Å². The molecular weight excluding hydrogens is 316 g/mol. The van der Waals surface area contributed by atoms with Gasteiger partial charge in [0.15, 0.2) is 0 Å². The third-order valence-electron chi connectivity index (χ3n) is 5.44. The number of likely N-dealkylation sites (N-methyl/N-ethyl adjacent to an activating group) is 1. The summed E-state index contributed by atoms with van der Waals surface area (Å²) in [5.74, 6) is 2.47. The Hall–Kier alpha value is -1.89. The summed E-state index contributed by atoms with van der Waals surface area (Å²) in [5.41, 5.74) is 0. The van der Waals surface area contributed by atoms with Gasteiger partial charge in [0.2, 0.25) is 11.9 Å². The summed E-state index contributed by atoms with van der Waals surface area (Å²) in [6, 6.07) is 1.96. The Morgan fingerprint density at radius 1 is 1.20 bits per heavy atom. The molecule has 3 rings (SSSR count).